The highest BCUT2D eigenvalue weighted by Gasteiger charge is 2.00. The summed E-state index contributed by atoms with van der Waals surface area (Å²) in [6.07, 6.45) is 1.95. The molecule has 0 aromatic heterocycles. The smallest absolute Gasteiger partial charge is 0.123 e. The first-order chi connectivity index (χ1) is 6.11. The van der Waals surface area contributed by atoms with Crippen LogP contribution in [-0.2, 0) is 0 Å². The summed E-state index contributed by atoms with van der Waals surface area (Å²) in [5, 5.41) is 9.50. The van der Waals surface area contributed by atoms with E-state index in [2.05, 4.69) is 6.58 Å². The average Bonchev–Trinajstić information content (AvgIpc) is 2.03. The highest BCUT2D eigenvalue weighted by Crippen LogP contribution is 2.24. The lowest BCUT2D eigenvalue weighted by atomic mass is 10.0. The maximum atomic E-state index is 9.50. The molecule has 0 bridgehead atoms. The Labute approximate surface area is 79.0 Å². The molecule has 0 spiro atoms. The molecule has 0 saturated carbocycles. The van der Waals surface area contributed by atoms with Gasteiger partial charge in [-0.2, -0.15) is 0 Å². The highest BCUT2D eigenvalue weighted by atomic mass is 16.3. The molecule has 0 aliphatic heterocycles. The third-order valence-corrected chi connectivity index (χ3v) is 1.71. The van der Waals surface area contributed by atoms with Crippen LogP contribution in [0.4, 0.5) is 0 Å². The van der Waals surface area contributed by atoms with Gasteiger partial charge in [0.25, 0.3) is 0 Å². The predicted molar refractivity (Wildman–Crippen MR) is 56.6 cm³/mol. The molecule has 68 valence electrons. The molecule has 1 rings (SSSR count). The first-order valence-electron chi connectivity index (χ1n) is 4.23. The van der Waals surface area contributed by atoms with Crippen molar-refractivity contribution >= 4 is 5.57 Å². The van der Waals surface area contributed by atoms with Gasteiger partial charge in [-0.3, -0.25) is 0 Å². The number of benzene rings is 1. The number of para-hydroxylation sites is 1. The second-order valence-electron chi connectivity index (χ2n) is 3.26. The van der Waals surface area contributed by atoms with Crippen LogP contribution in [0.15, 0.2) is 42.5 Å². The molecule has 1 N–H and O–H groups in total. The maximum absolute atomic E-state index is 9.50. The number of phenols is 1. The minimum atomic E-state index is 0.282. The van der Waals surface area contributed by atoms with Crippen LogP contribution in [0.1, 0.15) is 19.4 Å². The van der Waals surface area contributed by atoms with Crippen LogP contribution in [0.25, 0.3) is 5.57 Å². The zero-order valence-corrected chi connectivity index (χ0v) is 8.04. The molecule has 0 atom stereocenters. The van der Waals surface area contributed by atoms with Crippen molar-refractivity contribution in [3.8, 4) is 5.75 Å². The number of phenolic OH excluding ortho intramolecular Hbond substituents is 1. The Hall–Kier alpha value is -1.50. The molecule has 0 aliphatic carbocycles. The quantitative estimate of drug-likeness (QED) is 0.681. The summed E-state index contributed by atoms with van der Waals surface area (Å²) in [5.74, 6) is 0.282. The van der Waals surface area contributed by atoms with E-state index < -0.39 is 0 Å². The number of allylic oxidation sites excluding steroid dienone is 3. The molecule has 1 nitrogen and oxygen atoms in total. The maximum Gasteiger partial charge on any atom is 0.123 e. The van der Waals surface area contributed by atoms with Crippen molar-refractivity contribution in [2.45, 2.75) is 13.8 Å². The summed E-state index contributed by atoms with van der Waals surface area (Å²) in [4.78, 5) is 0. The van der Waals surface area contributed by atoms with Gasteiger partial charge in [-0.05, 0) is 25.5 Å². The van der Waals surface area contributed by atoms with E-state index in [1.54, 1.807) is 12.1 Å². The zero-order chi connectivity index (χ0) is 9.84. The third-order valence-electron chi connectivity index (χ3n) is 1.71. The summed E-state index contributed by atoms with van der Waals surface area (Å²) in [6.45, 7) is 7.90. The molecule has 0 radical (unpaired) electrons. The minimum Gasteiger partial charge on any atom is -0.507 e. The van der Waals surface area contributed by atoms with Crippen LogP contribution >= 0.6 is 0 Å². The number of hydrogen-bond acceptors (Lipinski definition) is 1. The molecular weight excluding hydrogens is 160 g/mol. The molecule has 1 heteroatoms. The van der Waals surface area contributed by atoms with Crippen LogP contribution in [0, 0.1) is 0 Å². The molecule has 0 heterocycles. The Kier molecular flexibility index (Phi) is 2.91. The van der Waals surface area contributed by atoms with E-state index in [0.717, 1.165) is 11.1 Å². The third kappa shape index (κ3) is 2.48. The van der Waals surface area contributed by atoms with Crippen LogP contribution in [0.5, 0.6) is 5.75 Å². The Bertz CT molecular complexity index is 344. The highest BCUT2D eigenvalue weighted by molar-refractivity contribution is 5.76. The normalized spacial score (nSPS) is 9.38. The van der Waals surface area contributed by atoms with Crippen molar-refractivity contribution in [1.82, 2.24) is 0 Å². The predicted octanol–water partition coefficient (Wildman–Crippen LogP) is 3.37. The van der Waals surface area contributed by atoms with Crippen molar-refractivity contribution in [2.24, 2.45) is 0 Å². The molecular formula is C12H14O. The van der Waals surface area contributed by atoms with E-state index in [0.29, 0.717) is 0 Å². The van der Waals surface area contributed by atoms with Crippen LogP contribution in [-0.4, -0.2) is 5.11 Å². The second-order valence-corrected chi connectivity index (χ2v) is 3.26. The summed E-state index contributed by atoms with van der Waals surface area (Å²) in [6, 6.07) is 7.21. The SMILES string of the molecule is C=C(C=C(C)C)c1ccccc1O. The van der Waals surface area contributed by atoms with Gasteiger partial charge in [0.05, 0.1) is 0 Å². The van der Waals surface area contributed by atoms with E-state index in [1.165, 1.54) is 5.57 Å². The standard InChI is InChI=1S/C12H14O/c1-9(2)8-10(3)11-6-4-5-7-12(11)13/h4-8,13H,3H2,1-2H3. The summed E-state index contributed by atoms with van der Waals surface area (Å²) >= 11 is 0. The van der Waals surface area contributed by atoms with Gasteiger partial charge in [0, 0.05) is 5.56 Å². The van der Waals surface area contributed by atoms with Gasteiger partial charge in [0.15, 0.2) is 0 Å². The van der Waals surface area contributed by atoms with Gasteiger partial charge >= 0.3 is 0 Å². The Morgan fingerprint density at radius 2 is 1.92 bits per heavy atom. The molecule has 1 aromatic carbocycles. The van der Waals surface area contributed by atoms with E-state index >= 15 is 0 Å². The minimum absolute atomic E-state index is 0.282. The Morgan fingerprint density at radius 1 is 1.31 bits per heavy atom. The van der Waals surface area contributed by atoms with Gasteiger partial charge in [0.1, 0.15) is 5.75 Å². The lowest BCUT2D eigenvalue weighted by molar-refractivity contribution is 0.474. The largest absolute Gasteiger partial charge is 0.507 e. The lowest BCUT2D eigenvalue weighted by Crippen LogP contribution is -1.80. The molecule has 0 saturated heterocycles. The summed E-state index contributed by atoms with van der Waals surface area (Å²) in [7, 11) is 0. The summed E-state index contributed by atoms with van der Waals surface area (Å²) in [5.41, 5.74) is 2.81. The van der Waals surface area contributed by atoms with Crippen LogP contribution in [0.3, 0.4) is 0 Å². The number of rotatable bonds is 2. The number of hydrogen-bond donors (Lipinski definition) is 1. The summed E-state index contributed by atoms with van der Waals surface area (Å²) < 4.78 is 0. The lowest BCUT2D eigenvalue weighted by Gasteiger charge is -2.03. The first kappa shape index (κ1) is 9.59. The van der Waals surface area contributed by atoms with E-state index in [4.69, 9.17) is 0 Å². The van der Waals surface area contributed by atoms with Crippen molar-refractivity contribution in [3.63, 3.8) is 0 Å². The zero-order valence-electron chi connectivity index (χ0n) is 8.04. The second kappa shape index (κ2) is 3.94. The van der Waals surface area contributed by atoms with Crippen molar-refractivity contribution in [3.05, 3.63) is 48.1 Å². The average molecular weight is 174 g/mol. The molecule has 1 aromatic rings. The van der Waals surface area contributed by atoms with Gasteiger partial charge in [-0.25, -0.2) is 0 Å². The topological polar surface area (TPSA) is 20.2 Å². The van der Waals surface area contributed by atoms with E-state index in [-0.39, 0.29) is 5.75 Å². The monoisotopic (exact) mass is 174 g/mol. The van der Waals surface area contributed by atoms with Crippen LogP contribution < -0.4 is 0 Å². The Balaban J connectivity index is 3.03. The van der Waals surface area contributed by atoms with Gasteiger partial charge in [-0.1, -0.05) is 36.4 Å². The fourth-order valence-electron chi connectivity index (χ4n) is 1.17. The molecule has 13 heavy (non-hydrogen) atoms. The van der Waals surface area contributed by atoms with E-state index in [9.17, 15) is 5.11 Å². The fourth-order valence-corrected chi connectivity index (χ4v) is 1.17. The van der Waals surface area contributed by atoms with Gasteiger partial charge in [-0.15, -0.1) is 0 Å². The van der Waals surface area contributed by atoms with E-state index in [1.807, 2.05) is 32.1 Å². The van der Waals surface area contributed by atoms with Crippen molar-refractivity contribution < 1.29 is 5.11 Å². The molecule has 0 unspecified atom stereocenters. The van der Waals surface area contributed by atoms with Crippen molar-refractivity contribution in [2.75, 3.05) is 0 Å². The van der Waals surface area contributed by atoms with Gasteiger partial charge < -0.3 is 5.11 Å². The fraction of sp³-hybridized carbons (Fsp3) is 0.167. The molecule has 0 amide bonds. The van der Waals surface area contributed by atoms with Crippen LogP contribution in [0.2, 0.25) is 0 Å². The number of aromatic hydroxyl groups is 1. The Morgan fingerprint density at radius 3 is 2.46 bits per heavy atom. The van der Waals surface area contributed by atoms with Crippen molar-refractivity contribution in [1.29, 1.82) is 0 Å². The molecule has 0 fully saturated rings. The first-order valence-corrected chi connectivity index (χ1v) is 4.23. The molecule has 0 aliphatic rings. The van der Waals surface area contributed by atoms with Gasteiger partial charge in [0.2, 0.25) is 0 Å².